The number of hydrogen-bond donors (Lipinski definition) is 1. The minimum absolute atomic E-state index is 0.117. The van der Waals surface area contributed by atoms with E-state index in [2.05, 4.69) is 0 Å². The lowest BCUT2D eigenvalue weighted by Crippen LogP contribution is -2.08. The summed E-state index contributed by atoms with van der Waals surface area (Å²) in [5, 5.41) is 9.78. The van der Waals surface area contributed by atoms with E-state index in [1.807, 2.05) is 0 Å². The molecule has 3 aromatic rings. The third kappa shape index (κ3) is 2.16. The summed E-state index contributed by atoms with van der Waals surface area (Å²) in [7, 11) is 2.93. The SMILES string of the molecule is COc1c(-c2ccc(O)cc2)oc2c(OC)cccc2c1=O. The van der Waals surface area contributed by atoms with Crippen molar-refractivity contribution in [2.75, 3.05) is 14.2 Å². The molecule has 0 saturated carbocycles. The average molecular weight is 298 g/mol. The van der Waals surface area contributed by atoms with Gasteiger partial charge in [-0.3, -0.25) is 4.79 Å². The molecule has 1 aromatic heterocycles. The highest BCUT2D eigenvalue weighted by molar-refractivity contribution is 5.86. The second-order valence-electron chi connectivity index (χ2n) is 4.68. The van der Waals surface area contributed by atoms with Gasteiger partial charge in [0, 0.05) is 5.56 Å². The zero-order valence-electron chi connectivity index (χ0n) is 12.1. The van der Waals surface area contributed by atoms with Crippen molar-refractivity contribution < 1.29 is 19.0 Å². The minimum Gasteiger partial charge on any atom is -0.508 e. The fourth-order valence-corrected chi connectivity index (χ4v) is 2.32. The lowest BCUT2D eigenvalue weighted by Gasteiger charge is -2.11. The van der Waals surface area contributed by atoms with E-state index in [4.69, 9.17) is 13.9 Å². The summed E-state index contributed by atoms with van der Waals surface area (Å²) < 4.78 is 16.4. The van der Waals surface area contributed by atoms with Crippen molar-refractivity contribution in [1.29, 1.82) is 0 Å². The predicted octanol–water partition coefficient (Wildman–Crippen LogP) is 3.18. The summed E-state index contributed by atoms with van der Waals surface area (Å²) in [6, 6.07) is 11.4. The highest BCUT2D eigenvalue weighted by Gasteiger charge is 2.18. The Morgan fingerprint density at radius 1 is 1.00 bits per heavy atom. The van der Waals surface area contributed by atoms with E-state index < -0.39 is 0 Å². The standard InChI is InChI=1S/C17H14O5/c1-20-13-5-3-4-12-14(19)17(21-2)15(22-16(12)13)10-6-8-11(18)9-7-10/h3-9,18H,1-2H3. The van der Waals surface area contributed by atoms with Gasteiger partial charge < -0.3 is 19.0 Å². The molecule has 0 atom stereocenters. The fraction of sp³-hybridized carbons (Fsp3) is 0.118. The first-order chi connectivity index (χ1) is 10.7. The molecule has 2 aromatic carbocycles. The molecule has 0 aliphatic heterocycles. The van der Waals surface area contributed by atoms with Gasteiger partial charge in [-0.25, -0.2) is 0 Å². The minimum atomic E-state index is -0.272. The van der Waals surface area contributed by atoms with Crippen LogP contribution in [0, 0.1) is 0 Å². The molecule has 112 valence electrons. The number of phenols is 1. The maximum atomic E-state index is 12.6. The first-order valence-electron chi connectivity index (χ1n) is 6.63. The second-order valence-corrected chi connectivity index (χ2v) is 4.68. The highest BCUT2D eigenvalue weighted by Crippen LogP contribution is 2.34. The topological polar surface area (TPSA) is 68.9 Å². The Labute approximate surface area is 126 Å². The molecule has 0 radical (unpaired) electrons. The molecular weight excluding hydrogens is 284 g/mol. The first-order valence-corrected chi connectivity index (χ1v) is 6.63. The van der Waals surface area contributed by atoms with E-state index in [0.29, 0.717) is 28.0 Å². The molecule has 5 heteroatoms. The Morgan fingerprint density at radius 3 is 2.36 bits per heavy atom. The Kier molecular flexibility index (Phi) is 3.47. The number of hydrogen-bond acceptors (Lipinski definition) is 5. The van der Waals surface area contributed by atoms with Gasteiger partial charge in [0.1, 0.15) is 5.75 Å². The third-order valence-corrected chi connectivity index (χ3v) is 3.39. The number of phenolic OH excluding ortho intramolecular Hbond substituents is 1. The van der Waals surface area contributed by atoms with Crippen molar-refractivity contribution in [3.63, 3.8) is 0 Å². The maximum absolute atomic E-state index is 12.6. The van der Waals surface area contributed by atoms with Crippen LogP contribution in [0.5, 0.6) is 17.2 Å². The van der Waals surface area contributed by atoms with Crippen molar-refractivity contribution >= 4 is 11.0 Å². The summed E-state index contributed by atoms with van der Waals surface area (Å²) in [6.07, 6.45) is 0. The summed E-state index contributed by atoms with van der Waals surface area (Å²) >= 11 is 0. The monoisotopic (exact) mass is 298 g/mol. The molecule has 0 bridgehead atoms. The van der Waals surface area contributed by atoms with Gasteiger partial charge in [-0.1, -0.05) is 6.07 Å². The van der Waals surface area contributed by atoms with Gasteiger partial charge in [0.15, 0.2) is 17.1 Å². The van der Waals surface area contributed by atoms with Crippen LogP contribution in [0.15, 0.2) is 51.7 Å². The van der Waals surface area contributed by atoms with Crippen LogP contribution in [0.3, 0.4) is 0 Å². The normalized spacial score (nSPS) is 10.6. The van der Waals surface area contributed by atoms with Gasteiger partial charge in [0.2, 0.25) is 11.2 Å². The molecular formula is C17H14O5. The third-order valence-electron chi connectivity index (χ3n) is 3.39. The van der Waals surface area contributed by atoms with Crippen LogP contribution in [0.1, 0.15) is 0 Å². The summed E-state index contributed by atoms with van der Waals surface area (Å²) in [5.74, 6) is 1.01. The van der Waals surface area contributed by atoms with E-state index in [1.54, 1.807) is 30.3 Å². The highest BCUT2D eigenvalue weighted by atomic mass is 16.5. The van der Waals surface area contributed by atoms with Gasteiger partial charge in [-0.05, 0) is 36.4 Å². The fourth-order valence-electron chi connectivity index (χ4n) is 2.32. The molecule has 3 rings (SSSR count). The molecule has 0 amide bonds. The average Bonchev–Trinajstić information content (AvgIpc) is 2.55. The lowest BCUT2D eigenvalue weighted by atomic mass is 10.1. The molecule has 0 saturated heterocycles. The molecule has 0 unspecified atom stereocenters. The molecule has 1 heterocycles. The predicted molar refractivity (Wildman–Crippen MR) is 82.7 cm³/mol. The van der Waals surface area contributed by atoms with Crippen LogP contribution in [-0.2, 0) is 0 Å². The quantitative estimate of drug-likeness (QED) is 0.804. The zero-order chi connectivity index (χ0) is 15.7. The van der Waals surface area contributed by atoms with E-state index in [0.717, 1.165) is 0 Å². The number of fused-ring (bicyclic) bond motifs is 1. The Balaban J connectivity index is 2.38. The number of rotatable bonds is 3. The Bertz CT molecular complexity index is 878. The van der Waals surface area contributed by atoms with E-state index in [1.165, 1.54) is 26.4 Å². The lowest BCUT2D eigenvalue weighted by molar-refractivity contribution is 0.391. The molecule has 0 fully saturated rings. The molecule has 0 aliphatic rings. The summed E-state index contributed by atoms with van der Waals surface area (Å²) in [4.78, 5) is 12.6. The molecule has 5 nitrogen and oxygen atoms in total. The Morgan fingerprint density at radius 2 is 1.73 bits per heavy atom. The van der Waals surface area contributed by atoms with Crippen LogP contribution in [0.4, 0.5) is 0 Å². The van der Waals surface area contributed by atoms with Gasteiger partial charge in [-0.2, -0.15) is 0 Å². The molecule has 0 aliphatic carbocycles. The first kappa shape index (κ1) is 14.0. The number of benzene rings is 2. The van der Waals surface area contributed by atoms with Crippen LogP contribution < -0.4 is 14.9 Å². The van der Waals surface area contributed by atoms with Gasteiger partial charge in [-0.15, -0.1) is 0 Å². The van der Waals surface area contributed by atoms with E-state index in [9.17, 15) is 9.90 Å². The summed E-state index contributed by atoms with van der Waals surface area (Å²) in [6.45, 7) is 0. The van der Waals surface area contributed by atoms with Crippen molar-refractivity contribution in [3.8, 4) is 28.6 Å². The van der Waals surface area contributed by atoms with Gasteiger partial charge in [0.25, 0.3) is 0 Å². The Hall–Kier alpha value is -2.95. The van der Waals surface area contributed by atoms with Crippen LogP contribution >= 0.6 is 0 Å². The number of para-hydroxylation sites is 1. The van der Waals surface area contributed by atoms with Crippen molar-refractivity contribution in [1.82, 2.24) is 0 Å². The van der Waals surface area contributed by atoms with Crippen LogP contribution in [0.25, 0.3) is 22.3 Å². The maximum Gasteiger partial charge on any atom is 0.235 e. The van der Waals surface area contributed by atoms with Crippen molar-refractivity contribution in [2.24, 2.45) is 0 Å². The molecule has 0 spiro atoms. The van der Waals surface area contributed by atoms with Gasteiger partial charge in [0.05, 0.1) is 19.6 Å². The van der Waals surface area contributed by atoms with E-state index in [-0.39, 0.29) is 16.9 Å². The second kappa shape index (κ2) is 5.44. The smallest absolute Gasteiger partial charge is 0.235 e. The summed E-state index contributed by atoms with van der Waals surface area (Å²) in [5.41, 5.74) is 0.712. The number of ether oxygens (including phenoxy) is 2. The zero-order valence-corrected chi connectivity index (χ0v) is 12.1. The molecule has 1 N–H and O–H groups in total. The van der Waals surface area contributed by atoms with Crippen molar-refractivity contribution in [2.45, 2.75) is 0 Å². The van der Waals surface area contributed by atoms with Crippen LogP contribution in [0.2, 0.25) is 0 Å². The van der Waals surface area contributed by atoms with Gasteiger partial charge >= 0.3 is 0 Å². The van der Waals surface area contributed by atoms with Crippen LogP contribution in [-0.4, -0.2) is 19.3 Å². The van der Waals surface area contributed by atoms with Crippen molar-refractivity contribution in [3.05, 3.63) is 52.7 Å². The largest absolute Gasteiger partial charge is 0.508 e. The van der Waals surface area contributed by atoms with E-state index >= 15 is 0 Å². The number of methoxy groups -OCH3 is 2. The number of aromatic hydroxyl groups is 1. The molecule has 22 heavy (non-hydrogen) atoms.